The quantitative estimate of drug-likeness (QED) is 0.461. The first-order chi connectivity index (χ1) is 4.23. The molecule has 0 fully saturated rings. The van der Waals surface area contributed by atoms with E-state index in [1.54, 1.807) is 6.33 Å². The van der Waals surface area contributed by atoms with Crippen LogP contribution in [0, 0.1) is 0 Å². The van der Waals surface area contributed by atoms with Gasteiger partial charge in [-0.1, -0.05) is 0 Å². The van der Waals surface area contributed by atoms with Gasteiger partial charge >= 0.3 is 40.9 Å². The summed E-state index contributed by atoms with van der Waals surface area (Å²) in [5.41, 5.74) is 0. The van der Waals surface area contributed by atoms with Gasteiger partial charge in [-0.05, 0) is 0 Å². The molecule has 66 valence electrons. The topological polar surface area (TPSA) is 29.9 Å². The first-order valence-corrected chi connectivity index (χ1v) is 7.38. The Labute approximate surface area is 123 Å². The summed E-state index contributed by atoms with van der Waals surface area (Å²) in [6.45, 7) is 0. The Bertz CT molecular complexity index is 108. The van der Waals surface area contributed by atoms with Gasteiger partial charge in [0.25, 0.3) is 0 Å². The van der Waals surface area contributed by atoms with Crippen LogP contribution in [0.25, 0.3) is 0 Å². The van der Waals surface area contributed by atoms with E-state index in [-0.39, 0.29) is 54.4 Å². The predicted octanol–water partition coefficient (Wildman–Crippen LogP) is -7.47. The minimum atomic E-state index is -1.72. The average Bonchev–Trinajstić information content (AvgIpc) is 2.11. The van der Waals surface area contributed by atoms with Gasteiger partial charge in [0.05, 0.1) is 0 Å². The summed E-state index contributed by atoms with van der Waals surface area (Å²) < 4.78 is 0. The van der Waals surface area contributed by atoms with E-state index in [4.69, 9.17) is 30.1 Å². The fourth-order valence-electron chi connectivity index (χ4n) is 0.241. The molecule has 0 aromatic carbocycles. The molecule has 0 unspecified atom stereocenters. The van der Waals surface area contributed by atoms with E-state index < -0.39 is 11.4 Å². The standard InChI is InChI=1S/C3H4N2.Al.5ClH.Na/c1-2-5-3-4-1;;;;;;;/h1-3H,(H,4,5);;5*1H;/q;+3;;;;;;+1/p-4. The van der Waals surface area contributed by atoms with Crippen LogP contribution < -0.4 is 59.4 Å². The van der Waals surface area contributed by atoms with E-state index in [0.717, 1.165) is 0 Å². The minimum absolute atomic E-state index is 0. The molecule has 0 amide bonds. The summed E-state index contributed by atoms with van der Waals surface area (Å²) in [4.78, 5) is 5.61. The van der Waals surface area contributed by atoms with Gasteiger partial charge < -0.3 is 24.8 Å². The third-order valence-electron chi connectivity index (χ3n) is 0.442. The van der Waals surface area contributed by atoms with Crippen molar-refractivity contribution in [3.8, 4) is 0 Å². The van der Waals surface area contributed by atoms with Crippen molar-refractivity contribution in [1.82, 2.24) is 4.98 Å². The number of H-pyrrole nitrogens is 2. The second-order valence-corrected chi connectivity index (χ2v) is 7.49. The first-order valence-electron chi connectivity index (χ1n) is 2.14. The molecule has 0 aliphatic heterocycles. The zero-order valence-electron chi connectivity index (χ0n) is 6.20. The van der Waals surface area contributed by atoms with E-state index in [1.807, 2.05) is 12.4 Å². The van der Waals surface area contributed by atoms with Gasteiger partial charge in [-0.2, -0.15) is 0 Å². The van der Waals surface area contributed by atoms with E-state index in [9.17, 15) is 0 Å². The van der Waals surface area contributed by atoms with Crippen molar-refractivity contribution in [2.24, 2.45) is 0 Å². The molecule has 0 saturated heterocycles. The van der Waals surface area contributed by atoms with Crippen LogP contribution in [0.4, 0.5) is 0 Å². The predicted molar refractivity (Wildman–Crippen MR) is 40.7 cm³/mol. The van der Waals surface area contributed by atoms with Gasteiger partial charge in [-0.25, -0.2) is 30.1 Å². The van der Waals surface area contributed by atoms with E-state index in [0.29, 0.717) is 0 Å². The van der Waals surface area contributed by atoms with Gasteiger partial charge in [-0.3, -0.25) is 9.97 Å². The van der Waals surface area contributed by atoms with Crippen LogP contribution in [0.15, 0.2) is 18.7 Å². The van der Waals surface area contributed by atoms with Crippen LogP contribution >= 0.6 is 30.1 Å². The summed E-state index contributed by atoms with van der Waals surface area (Å²) in [5.74, 6) is 0. The van der Waals surface area contributed by atoms with E-state index >= 15 is 0 Å². The number of imidazole rings is 1. The maximum absolute atomic E-state index is 4.94. The smallest absolute Gasteiger partial charge is 1.00 e. The SMILES string of the molecule is [Cl-].[Cl-].[Cl][Al]([Cl])[Cl].[Na+].c1c[nH+]c[nH]1. The summed E-state index contributed by atoms with van der Waals surface area (Å²) in [7, 11) is 14.8. The van der Waals surface area contributed by atoms with Gasteiger partial charge in [0.1, 0.15) is 12.4 Å². The van der Waals surface area contributed by atoms with E-state index in [2.05, 4.69) is 9.97 Å². The number of halogens is 5. The summed E-state index contributed by atoms with van der Waals surface area (Å²) in [5, 5.41) is 0. The number of aromatic nitrogens is 2. The van der Waals surface area contributed by atoms with Crippen LogP contribution in [-0.2, 0) is 0 Å². The molecule has 0 bridgehead atoms. The molecule has 1 heterocycles. The maximum Gasteiger partial charge on any atom is 1.00 e. The number of hydrogen-bond donors (Lipinski definition) is 1. The Morgan fingerprint density at radius 3 is 1.67 bits per heavy atom. The van der Waals surface area contributed by atoms with Crippen LogP contribution in [-0.4, -0.2) is 16.4 Å². The molecule has 0 spiro atoms. The fraction of sp³-hybridized carbons (Fsp3) is 0. The van der Waals surface area contributed by atoms with Crippen LogP contribution in [0.1, 0.15) is 0 Å². The van der Waals surface area contributed by atoms with Crippen molar-refractivity contribution in [1.29, 1.82) is 0 Å². The number of hydrogen-bond acceptors (Lipinski definition) is 0. The number of nitrogens with one attached hydrogen (secondary N) is 2. The molecule has 0 aliphatic carbocycles. The third kappa shape index (κ3) is 29.5. The first kappa shape index (κ1) is 23.8. The molecule has 1 aromatic rings. The van der Waals surface area contributed by atoms with Gasteiger partial charge in [0.15, 0.2) is 0 Å². The number of aromatic amines is 2. The Balaban J connectivity index is -0.0000000436. The van der Waals surface area contributed by atoms with Crippen molar-refractivity contribution in [3.63, 3.8) is 0 Å². The summed E-state index contributed by atoms with van der Waals surface area (Å²) in [6.07, 6.45) is 5.39. The minimum Gasteiger partial charge on any atom is -1.00 e. The Morgan fingerprint density at radius 2 is 1.58 bits per heavy atom. The van der Waals surface area contributed by atoms with Gasteiger partial charge in [-0.15, -0.1) is 0 Å². The Morgan fingerprint density at radius 1 is 1.17 bits per heavy atom. The second-order valence-electron chi connectivity index (χ2n) is 1.06. The van der Waals surface area contributed by atoms with Crippen molar-refractivity contribution in [2.45, 2.75) is 0 Å². The van der Waals surface area contributed by atoms with Gasteiger partial charge in [0.2, 0.25) is 6.33 Å². The fourth-order valence-corrected chi connectivity index (χ4v) is 0.241. The molecule has 9 heteroatoms. The summed E-state index contributed by atoms with van der Waals surface area (Å²) in [6, 6.07) is 0. The van der Waals surface area contributed by atoms with Crippen molar-refractivity contribution >= 4 is 41.5 Å². The molecule has 2 nitrogen and oxygen atoms in total. The van der Waals surface area contributed by atoms with Gasteiger partial charge in [0, 0.05) is 0 Å². The number of rotatable bonds is 0. The monoisotopic (exact) mass is 294 g/mol. The molecule has 12 heavy (non-hydrogen) atoms. The molecule has 0 atom stereocenters. The maximum atomic E-state index is 4.94. The zero-order chi connectivity index (χ0) is 7.11. The average molecular weight is 296 g/mol. The summed E-state index contributed by atoms with van der Waals surface area (Å²) >= 11 is -1.72. The molecule has 1 aromatic heterocycles. The zero-order valence-corrected chi connectivity index (χ0v) is 13.1. The largest absolute Gasteiger partial charge is 1.00 e. The Kier molecular flexibility index (Phi) is 37.4. The van der Waals surface area contributed by atoms with E-state index in [1.165, 1.54) is 0 Å². The van der Waals surface area contributed by atoms with Crippen LogP contribution in [0.3, 0.4) is 0 Å². The molecule has 2 N–H and O–H groups in total. The van der Waals surface area contributed by atoms with Crippen molar-refractivity contribution in [2.75, 3.05) is 0 Å². The second kappa shape index (κ2) is 18.9. The third-order valence-corrected chi connectivity index (χ3v) is 0.442. The Hall–Kier alpha value is 2.19. The molecule has 0 aliphatic rings. The van der Waals surface area contributed by atoms with Crippen LogP contribution in [0.2, 0.25) is 0 Å². The molecule has 0 saturated carbocycles. The van der Waals surface area contributed by atoms with Crippen molar-refractivity contribution in [3.05, 3.63) is 18.7 Å². The molecule has 1 rings (SSSR count). The normalized spacial score (nSPS) is 5.58. The molecular formula is C3H5AlCl5N2Na. The van der Waals surface area contributed by atoms with Crippen molar-refractivity contribution < 1.29 is 59.4 Å². The molecule has 0 radical (unpaired) electrons. The van der Waals surface area contributed by atoms with Crippen LogP contribution in [0.5, 0.6) is 0 Å². The molecular weight excluding hydrogens is 291 g/mol.